The van der Waals surface area contributed by atoms with Gasteiger partial charge in [-0.2, -0.15) is 0 Å². The molecule has 5 aliphatic carbocycles. The van der Waals surface area contributed by atoms with Crippen molar-refractivity contribution < 1.29 is 15.3 Å². The molecule has 0 aromatic carbocycles. The number of aliphatic hydroxyl groups is 3. The van der Waals surface area contributed by atoms with Gasteiger partial charge in [0.15, 0.2) is 0 Å². The lowest BCUT2D eigenvalue weighted by Crippen LogP contribution is -2.67. The summed E-state index contributed by atoms with van der Waals surface area (Å²) >= 11 is 0. The van der Waals surface area contributed by atoms with Crippen LogP contribution < -0.4 is 0 Å². The van der Waals surface area contributed by atoms with Crippen molar-refractivity contribution in [3.05, 3.63) is 11.6 Å². The Morgan fingerprint density at radius 3 is 2.27 bits per heavy atom. The summed E-state index contributed by atoms with van der Waals surface area (Å²) in [5.74, 6) is 2.80. The lowest BCUT2D eigenvalue weighted by Gasteiger charge is -2.72. The number of hydrogen-bond donors (Lipinski definition) is 3. The quantitative estimate of drug-likeness (QED) is 0.424. The maximum Gasteiger partial charge on any atom is 0.0852 e. The fraction of sp³-hybridized carbons (Fsp3) is 0.933. The summed E-state index contributed by atoms with van der Waals surface area (Å²) in [6.07, 6.45) is 10.3. The van der Waals surface area contributed by atoms with Gasteiger partial charge in [-0.1, -0.05) is 60.1 Å². The SMILES string of the molecule is CC1CCC2(CO)CCC3(C)C(=CCC4C5(C)CC(O)C(O)C(C)(C)C5CCC43C)C2C1C. The van der Waals surface area contributed by atoms with E-state index in [1.54, 1.807) is 5.57 Å². The first-order valence-electron chi connectivity index (χ1n) is 14.0. The van der Waals surface area contributed by atoms with Crippen LogP contribution in [0.4, 0.5) is 0 Å². The van der Waals surface area contributed by atoms with E-state index in [1.165, 1.54) is 25.7 Å². The van der Waals surface area contributed by atoms with Crippen molar-refractivity contribution in [2.75, 3.05) is 6.61 Å². The second-order valence-electron chi connectivity index (χ2n) is 14.7. The molecule has 0 radical (unpaired) electrons. The number of fused-ring (bicyclic) bond motifs is 7. The van der Waals surface area contributed by atoms with Crippen molar-refractivity contribution >= 4 is 0 Å². The van der Waals surface area contributed by atoms with E-state index in [4.69, 9.17) is 0 Å². The van der Waals surface area contributed by atoms with Gasteiger partial charge in [0.2, 0.25) is 0 Å². The zero-order valence-corrected chi connectivity index (χ0v) is 22.3. The van der Waals surface area contributed by atoms with E-state index in [0.717, 1.165) is 25.7 Å². The molecule has 0 saturated heterocycles. The first kappa shape index (κ1) is 24.3. The molecule has 0 aliphatic heterocycles. The van der Waals surface area contributed by atoms with Crippen LogP contribution in [0, 0.1) is 56.7 Å². The molecule has 4 fully saturated rings. The van der Waals surface area contributed by atoms with Gasteiger partial charge in [-0.15, -0.1) is 0 Å². The molecular weight excluding hydrogens is 408 g/mol. The highest BCUT2D eigenvalue weighted by Crippen LogP contribution is 2.75. The van der Waals surface area contributed by atoms with Crippen LogP contribution in [-0.4, -0.2) is 34.1 Å². The van der Waals surface area contributed by atoms with Gasteiger partial charge in [0.25, 0.3) is 0 Å². The molecule has 11 unspecified atom stereocenters. The first-order chi connectivity index (χ1) is 15.3. The first-order valence-corrected chi connectivity index (χ1v) is 14.0. The summed E-state index contributed by atoms with van der Waals surface area (Å²) in [5, 5.41) is 32.6. The Balaban J connectivity index is 1.60. The third-order valence-electron chi connectivity index (χ3n) is 13.4. The van der Waals surface area contributed by atoms with Crippen molar-refractivity contribution in [2.45, 2.75) is 112 Å². The molecule has 0 bridgehead atoms. The molecule has 33 heavy (non-hydrogen) atoms. The van der Waals surface area contributed by atoms with Crippen LogP contribution in [0.15, 0.2) is 11.6 Å². The predicted octanol–water partition coefficient (Wildman–Crippen LogP) is 5.97. The fourth-order valence-corrected chi connectivity index (χ4v) is 11.0. The van der Waals surface area contributed by atoms with Crippen LogP contribution in [0.2, 0.25) is 0 Å². The molecular formula is C30H50O3. The standard InChI is InChI=1S/C30H50O3/c1-18-10-13-30(17-31)15-14-28(6)20(24(30)19(18)2)8-9-23-27(5)16-21(32)25(33)26(3,4)22(27)11-12-29(23,28)7/h8,18-19,21-25,31-33H,9-17H2,1-7H3. The average Bonchev–Trinajstić information content (AvgIpc) is 2.75. The van der Waals surface area contributed by atoms with E-state index in [1.807, 2.05) is 0 Å². The summed E-state index contributed by atoms with van der Waals surface area (Å²) in [7, 11) is 0. The van der Waals surface area contributed by atoms with Gasteiger partial charge in [0.1, 0.15) is 0 Å². The van der Waals surface area contributed by atoms with Crippen molar-refractivity contribution in [1.29, 1.82) is 0 Å². The predicted molar refractivity (Wildman–Crippen MR) is 133 cm³/mol. The Bertz CT molecular complexity index is 832. The monoisotopic (exact) mass is 458 g/mol. The number of allylic oxidation sites excluding steroid dienone is 2. The summed E-state index contributed by atoms with van der Waals surface area (Å²) in [6.45, 7) is 17.2. The van der Waals surface area contributed by atoms with E-state index in [-0.39, 0.29) is 27.1 Å². The molecule has 11 atom stereocenters. The van der Waals surface area contributed by atoms with E-state index in [9.17, 15) is 15.3 Å². The van der Waals surface area contributed by atoms with E-state index in [2.05, 4.69) is 54.5 Å². The molecule has 188 valence electrons. The molecule has 0 aromatic rings. The highest BCUT2D eigenvalue weighted by Gasteiger charge is 2.69. The normalized spacial score (nSPS) is 57.8. The average molecular weight is 459 g/mol. The van der Waals surface area contributed by atoms with E-state index >= 15 is 0 Å². The van der Waals surface area contributed by atoms with Crippen molar-refractivity contribution in [1.82, 2.24) is 0 Å². The van der Waals surface area contributed by atoms with Gasteiger partial charge in [0.05, 0.1) is 12.2 Å². The number of aliphatic hydroxyl groups excluding tert-OH is 3. The smallest absolute Gasteiger partial charge is 0.0852 e. The van der Waals surface area contributed by atoms with Crippen LogP contribution in [0.3, 0.4) is 0 Å². The fourth-order valence-electron chi connectivity index (χ4n) is 11.0. The van der Waals surface area contributed by atoms with Crippen LogP contribution in [-0.2, 0) is 0 Å². The second-order valence-corrected chi connectivity index (χ2v) is 14.7. The lowest BCUT2D eigenvalue weighted by atomic mass is 9.33. The third kappa shape index (κ3) is 2.85. The summed E-state index contributed by atoms with van der Waals surface area (Å²) in [6, 6.07) is 0. The minimum Gasteiger partial charge on any atom is -0.396 e. The van der Waals surface area contributed by atoms with Crippen LogP contribution >= 0.6 is 0 Å². The van der Waals surface area contributed by atoms with Gasteiger partial charge in [-0.05, 0) is 103 Å². The van der Waals surface area contributed by atoms with Crippen molar-refractivity contribution in [3.8, 4) is 0 Å². The molecule has 0 amide bonds. The molecule has 0 heterocycles. The molecule has 3 N–H and O–H groups in total. The zero-order chi connectivity index (χ0) is 24.2. The summed E-state index contributed by atoms with van der Waals surface area (Å²) < 4.78 is 0. The van der Waals surface area contributed by atoms with E-state index < -0.39 is 12.2 Å². The van der Waals surface area contributed by atoms with Crippen LogP contribution in [0.1, 0.15) is 99.8 Å². The minimum absolute atomic E-state index is 0.0389. The highest BCUT2D eigenvalue weighted by atomic mass is 16.3. The second kappa shape index (κ2) is 7.32. The Morgan fingerprint density at radius 1 is 0.909 bits per heavy atom. The molecule has 3 nitrogen and oxygen atoms in total. The Hall–Kier alpha value is -0.380. The van der Waals surface area contributed by atoms with Gasteiger partial charge >= 0.3 is 0 Å². The van der Waals surface area contributed by atoms with Crippen molar-refractivity contribution in [2.24, 2.45) is 56.7 Å². The zero-order valence-electron chi connectivity index (χ0n) is 22.3. The molecule has 0 aromatic heterocycles. The highest BCUT2D eigenvalue weighted by molar-refractivity contribution is 5.34. The van der Waals surface area contributed by atoms with Gasteiger partial charge in [-0.25, -0.2) is 0 Å². The Kier molecular flexibility index (Phi) is 5.40. The maximum atomic E-state index is 11.0. The number of rotatable bonds is 1. The van der Waals surface area contributed by atoms with Gasteiger partial charge < -0.3 is 15.3 Å². The molecule has 5 rings (SSSR count). The molecule has 4 saturated carbocycles. The third-order valence-corrected chi connectivity index (χ3v) is 13.4. The summed E-state index contributed by atoms with van der Waals surface area (Å²) in [4.78, 5) is 0. The lowest BCUT2D eigenvalue weighted by molar-refractivity contribution is -0.232. The van der Waals surface area contributed by atoms with Gasteiger partial charge in [-0.3, -0.25) is 0 Å². The molecule has 5 aliphatic rings. The van der Waals surface area contributed by atoms with E-state index in [0.29, 0.717) is 36.2 Å². The largest absolute Gasteiger partial charge is 0.396 e. The number of hydrogen-bond acceptors (Lipinski definition) is 3. The summed E-state index contributed by atoms with van der Waals surface area (Å²) in [5.41, 5.74) is 1.89. The molecule has 0 spiro atoms. The minimum atomic E-state index is -0.630. The Morgan fingerprint density at radius 2 is 1.61 bits per heavy atom. The van der Waals surface area contributed by atoms with Crippen LogP contribution in [0.5, 0.6) is 0 Å². The maximum absolute atomic E-state index is 11.0. The van der Waals surface area contributed by atoms with Gasteiger partial charge in [0, 0.05) is 12.0 Å². The van der Waals surface area contributed by atoms with Crippen LogP contribution in [0.25, 0.3) is 0 Å². The molecule has 3 heteroatoms. The topological polar surface area (TPSA) is 60.7 Å². The Labute approximate surface area is 202 Å². The van der Waals surface area contributed by atoms with Crippen molar-refractivity contribution in [3.63, 3.8) is 0 Å².